The standard InChI is InChI=1S/C13H18N2O2/c1-3-11(4-5-14)15-9(2)10-6-12(16)8-13(17)7-10/h6-9,11,15-17H,3-4H2,1-2H3. The Hall–Kier alpha value is -1.73. The summed E-state index contributed by atoms with van der Waals surface area (Å²) in [6, 6.07) is 6.75. The van der Waals surface area contributed by atoms with Crippen LogP contribution in [-0.4, -0.2) is 16.3 Å². The van der Waals surface area contributed by atoms with Crippen molar-refractivity contribution >= 4 is 0 Å². The van der Waals surface area contributed by atoms with Crippen LogP contribution in [0.25, 0.3) is 0 Å². The van der Waals surface area contributed by atoms with Gasteiger partial charge in [0.2, 0.25) is 0 Å². The molecular formula is C13H18N2O2. The highest BCUT2D eigenvalue weighted by Gasteiger charge is 2.12. The monoisotopic (exact) mass is 234 g/mol. The molecule has 4 heteroatoms. The van der Waals surface area contributed by atoms with E-state index in [9.17, 15) is 10.2 Å². The maximum atomic E-state index is 9.40. The van der Waals surface area contributed by atoms with Crippen LogP contribution in [-0.2, 0) is 0 Å². The van der Waals surface area contributed by atoms with Crippen LogP contribution in [0.15, 0.2) is 18.2 Å². The number of hydrogen-bond donors (Lipinski definition) is 3. The number of benzene rings is 1. The maximum absolute atomic E-state index is 9.40. The second kappa shape index (κ2) is 6.12. The zero-order valence-corrected chi connectivity index (χ0v) is 10.1. The SMILES string of the molecule is CCC(CC#N)NC(C)c1cc(O)cc(O)c1. The van der Waals surface area contributed by atoms with E-state index < -0.39 is 0 Å². The average Bonchev–Trinajstić information content (AvgIpc) is 2.27. The zero-order chi connectivity index (χ0) is 12.8. The van der Waals surface area contributed by atoms with Gasteiger partial charge in [-0.05, 0) is 31.0 Å². The summed E-state index contributed by atoms with van der Waals surface area (Å²) in [7, 11) is 0. The first kappa shape index (κ1) is 13.3. The smallest absolute Gasteiger partial charge is 0.119 e. The second-order valence-electron chi connectivity index (χ2n) is 4.14. The Kier molecular flexibility index (Phi) is 4.80. The minimum atomic E-state index is -0.0219. The van der Waals surface area contributed by atoms with Gasteiger partial charge in [-0.25, -0.2) is 0 Å². The molecule has 0 heterocycles. The topological polar surface area (TPSA) is 76.3 Å². The summed E-state index contributed by atoms with van der Waals surface area (Å²) >= 11 is 0. The van der Waals surface area contributed by atoms with Gasteiger partial charge in [-0.2, -0.15) is 5.26 Å². The van der Waals surface area contributed by atoms with Crippen molar-refractivity contribution in [1.29, 1.82) is 5.26 Å². The van der Waals surface area contributed by atoms with E-state index >= 15 is 0 Å². The van der Waals surface area contributed by atoms with Crippen LogP contribution in [0.3, 0.4) is 0 Å². The lowest BCUT2D eigenvalue weighted by Gasteiger charge is -2.20. The fourth-order valence-electron chi connectivity index (χ4n) is 1.75. The molecule has 0 radical (unpaired) electrons. The molecule has 1 rings (SSSR count). The van der Waals surface area contributed by atoms with Crippen molar-refractivity contribution in [3.8, 4) is 17.6 Å². The average molecular weight is 234 g/mol. The van der Waals surface area contributed by atoms with E-state index in [4.69, 9.17) is 5.26 Å². The molecule has 0 aliphatic carbocycles. The predicted molar refractivity (Wildman–Crippen MR) is 65.6 cm³/mol. The summed E-state index contributed by atoms with van der Waals surface area (Å²) in [6.07, 6.45) is 1.31. The highest BCUT2D eigenvalue weighted by Crippen LogP contribution is 2.25. The van der Waals surface area contributed by atoms with E-state index in [2.05, 4.69) is 11.4 Å². The largest absolute Gasteiger partial charge is 0.508 e. The lowest BCUT2D eigenvalue weighted by atomic mass is 10.0. The summed E-state index contributed by atoms with van der Waals surface area (Å²) in [4.78, 5) is 0. The van der Waals surface area contributed by atoms with Crippen molar-refractivity contribution in [3.05, 3.63) is 23.8 Å². The minimum absolute atomic E-state index is 0.0219. The molecule has 0 aliphatic heterocycles. The molecule has 0 aliphatic rings. The fraction of sp³-hybridized carbons (Fsp3) is 0.462. The van der Waals surface area contributed by atoms with Crippen LogP contribution in [0.4, 0.5) is 0 Å². The molecule has 2 atom stereocenters. The van der Waals surface area contributed by atoms with E-state index in [1.54, 1.807) is 12.1 Å². The number of rotatable bonds is 5. The molecule has 0 fully saturated rings. The number of phenols is 2. The number of nitrogens with zero attached hydrogens (tertiary/aromatic N) is 1. The number of phenolic OH excluding ortho intramolecular Hbond substituents is 2. The molecule has 0 bridgehead atoms. The summed E-state index contributed by atoms with van der Waals surface area (Å²) < 4.78 is 0. The van der Waals surface area contributed by atoms with Crippen LogP contribution in [0.2, 0.25) is 0 Å². The molecule has 1 aromatic carbocycles. The highest BCUT2D eigenvalue weighted by atomic mass is 16.3. The maximum Gasteiger partial charge on any atom is 0.119 e. The Bertz CT molecular complexity index is 392. The van der Waals surface area contributed by atoms with Crippen molar-refractivity contribution < 1.29 is 10.2 Å². The Morgan fingerprint density at radius 1 is 1.29 bits per heavy atom. The molecule has 17 heavy (non-hydrogen) atoms. The highest BCUT2D eigenvalue weighted by molar-refractivity contribution is 5.37. The third kappa shape index (κ3) is 3.97. The lowest BCUT2D eigenvalue weighted by molar-refractivity contribution is 0.431. The van der Waals surface area contributed by atoms with Crippen molar-refractivity contribution in [2.45, 2.75) is 38.8 Å². The summed E-state index contributed by atoms with van der Waals surface area (Å²) in [5, 5.41) is 30.8. The first-order chi connectivity index (χ1) is 8.06. The third-order valence-electron chi connectivity index (χ3n) is 2.74. The predicted octanol–water partition coefficient (Wildman–Crippen LogP) is 2.44. The molecular weight excluding hydrogens is 216 g/mol. The van der Waals surface area contributed by atoms with E-state index in [0.717, 1.165) is 12.0 Å². The third-order valence-corrected chi connectivity index (χ3v) is 2.74. The van der Waals surface area contributed by atoms with Gasteiger partial charge >= 0.3 is 0 Å². The second-order valence-corrected chi connectivity index (χ2v) is 4.14. The van der Waals surface area contributed by atoms with Crippen LogP contribution in [0, 0.1) is 11.3 Å². The van der Waals surface area contributed by atoms with Crippen molar-refractivity contribution in [3.63, 3.8) is 0 Å². The van der Waals surface area contributed by atoms with Crippen molar-refractivity contribution in [2.24, 2.45) is 0 Å². The first-order valence-electron chi connectivity index (χ1n) is 5.72. The minimum Gasteiger partial charge on any atom is -0.508 e. The van der Waals surface area contributed by atoms with E-state index in [-0.39, 0.29) is 23.6 Å². The van der Waals surface area contributed by atoms with Gasteiger partial charge in [0, 0.05) is 18.2 Å². The quantitative estimate of drug-likeness (QED) is 0.731. The van der Waals surface area contributed by atoms with Crippen LogP contribution in [0.1, 0.15) is 38.3 Å². The normalized spacial score (nSPS) is 13.9. The number of hydrogen-bond acceptors (Lipinski definition) is 4. The Morgan fingerprint density at radius 3 is 2.35 bits per heavy atom. The van der Waals surface area contributed by atoms with Gasteiger partial charge in [-0.15, -0.1) is 0 Å². The van der Waals surface area contributed by atoms with Gasteiger partial charge in [0.1, 0.15) is 11.5 Å². The molecule has 92 valence electrons. The molecule has 2 unspecified atom stereocenters. The molecule has 0 saturated carbocycles. The molecule has 0 saturated heterocycles. The van der Waals surface area contributed by atoms with Crippen molar-refractivity contribution in [1.82, 2.24) is 5.32 Å². The van der Waals surface area contributed by atoms with Gasteiger partial charge in [-0.3, -0.25) is 0 Å². The summed E-state index contributed by atoms with van der Waals surface area (Å²) in [5.74, 6) is 0.0870. The Morgan fingerprint density at radius 2 is 1.88 bits per heavy atom. The number of aromatic hydroxyl groups is 2. The van der Waals surface area contributed by atoms with Gasteiger partial charge in [0.05, 0.1) is 12.5 Å². The van der Waals surface area contributed by atoms with Crippen LogP contribution >= 0.6 is 0 Å². The molecule has 4 nitrogen and oxygen atoms in total. The van der Waals surface area contributed by atoms with Crippen LogP contribution in [0.5, 0.6) is 11.5 Å². The Balaban J connectivity index is 2.75. The zero-order valence-electron chi connectivity index (χ0n) is 10.1. The molecule has 0 aromatic heterocycles. The number of nitrogens with one attached hydrogen (secondary N) is 1. The van der Waals surface area contributed by atoms with E-state index in [1.165, 1.54) is 6.07 Å². The van der Waals surface area contributed by atoms with Gasteiger partial charge in [0.25, 0.3) is 0 Å². The summed E-state index contributed by atoms with van der Waals surface area (Å²) in [5.41, 5.74) is 0.805. The molecule has 1 aromatic rings. The molecule has 0 spiro atoms. The van der Waals surface area contributed by atoms with Crippen LogP contribution < -0.4 is 5.32 Å². The van der Waals surface area contributed by atoms with E-state index in [1.807, 2.05) is 13.8 Å². The van der Waals surface area contributed by atoms with Crippen molar-refractivity contribution in [2.75, 3.05) is 0 Å². The first-order valence-corrected chi connectivity index (χ1v) is 5.72. The summed E-state index contributed by atoms with van der Waals surface area (Å²) in [6.45, 7) is 3.95. The number of nitriles is 1. The van der Waals surface area contributed by atoms with Gasteiger partial charge in [0.15, 0.2) is 0 Å². The molecule has 0 amide bonds. The fourth-order valence-corrected chi connectivity index (χ4v) is 1.75. The lowest BCUT2D eigenvalue weighted by Crippen LogP contribution is -2.30. The molecule has 3 N–H and O–H groups in total. The van der Waals surface area contributed by atoms with Gasteiger partial charge < -0.3 is 15.5 Å². The van der Waals surface area contributed by atoms with E-state index in [0.29, 0.717) is 6.42 Å². The van der Waals surface area contributed by atoms with Gasteiger partial charge in [-0.1, -0.05) is 6.92 Å². The Labute approximate surface area is 102 Å².